The van der Waals surface area contributed by atoms with Gasteiger partial charge in [-0.1, -0.05) is 0 Å². The van der Waals surface area contributed by atoms with E-state index in [9.17, 15) is 14.4 Å². The number of anilines is 1. The lowest BCUT2D eigenvalue weighted by molar-refractivity contribution is 0.102. The molecule has 142 valence electrons. The van der Waals surface area contributed by atoms with Crippen LogP contribution in [0.2, 0.25) is 0 Å². The van der Waals surface area contributed by atoms with Gasteiger partial charge >= 0.3 is 5.69 Å². The molecule has 0 bridgehead atoms. The van der Waals surface area contributed by atoms with Crippen LogP contribution in [-0.4, -0.2) is 25.7 Å². The predicted octanol–water partition coefficient (Wildman–Crippen LogP) is 2.72. The molecule has 1 amide bonds. The van der Waals surface area contributed by atoms with Crippen LogP contribution in [-0.2, 0) is 6.54 Å². The lowest BCUT2D eigenvalue weighted by Crippen LogP contribution is -2.34. The number of nitrogens with one attached hydrogen (secondary N) is 3. The number of nitrogens with zero attached hydrogens (tertiary/aromatic N) is 2. The molecule has 0 radical (unpaired) electrons. The Labute approximate surface area is 162 Å². The van der Waals surface area contributed by atoms with Gasteiger partial charge in [-0.25, -0.2) is 4.79 Å². The first-order valence-electron chi connectivity index (χ1n) is 8.66. The monoisotopic (exact) mass is 395 g/mol. The molecule has 3 N–H and O–H groups in total. The summed E-state index contributed by atoms with van der Waals surface area (Å²) >= 11 is 1.63. The van der Waals surface area contributed by atoms with Gasteiger partial charge in [0.1, 0.15) is 0 Å². The van der Waals surface area contributed by atoms with Crippen LogP contribution >= 0.6 is 11.3 Å². The molecule has 28 heavy (non-hydrogen) atoms. The van der Waals surface area contributed by atoms with Gasteiger partial charge in [-0.2, -0.15) is 5.10 Å². The molecule has 0 saturated carbocycles. The van der Waals surface area contributed by atoms with Crippen LogP contribution < -0.4 is 16.6 Å². The molecule has 0 aliphatic rings. The van der Waals surface area contributed by atoms with Crippen molar-refractivity contribution in [3.05, 3.63) is 67.7 Å². The highest BCUT2D eigenvalue weighted by Gasteiger charge is 2.13. The number of amides is 1. The highest BCUT2D eigenvalue weighted by Crippen LogP contribution is 2.27. The standard InChI is InChI=1S/C19H17N5O3S/c1-3-24-18(26)12-6-5-11(8-13(12)20-19(24)27)17(25)21-16-9-14(22-23-16)15-7-4-10(2)28-15/h4-9H,3H2,1-2H3,(H,20,27)(H2,21,22,23,25). The molecule has 0 aliphatic carbocycles. The summed E-state index contributed by atoms with van der Waals surface area (Å²) in [6, 6.07) is 10.3. The van der Waals surface area contributed by atoms with Crippen LogP contribution in [0, 0.1) is 6.92 Å². The summed E-state index contributed by atoms with van der Waals surface area (Å²) in [5, 5.41) is 10.1. The molecule has 0 fully saturated rings. The van der Waals surface area contributed by atoms with Crippen molar-refractivity contribution >= 4 is 34.0 Å². The summed E-state index contributed by atoms with van der Waals surface area (Å²) in [5.41, 5.74) is 0.575. The van der Waals surface area contributed by atoms with Crippen molar-refractivity contribution in [1.82, 2.24) is 19.7 Å². The zero-order valence-electron chi connectivity index (χ0n) is 15.2. The highest BCUT2D eigenvalue weighted by atomic mass is 32.1. The number of thiophene rings is 1. The van der Waals surface area contributed by atoms with Gasteiger partial charge in [-0.3, -0.25) is 19.3 Å². The minimum absolute atomic E-state index is 0.275. The molecule has 4 aromatic rings. The molecular formula is C19H17N5O3S. The van der Waals surface area contributed by atoms with Crippen molar-refractivity contribution in [2.75, 3.05) is 5.32 Å². The van der Waals surface area contributed by atoms with Gasteiger partial charge in [0.25, 0.3) is 11.5 Å². The molecule has 9 heteroatoms. The van der Waals surface area contributed by atoms with Crippen molar-refractivity contribution in [1.29, 1.82) is 0 Å². The molecule has 3 aromatic heterocycles. The van der Waals surface area contributed by atoms with Crippen LogP contribution in [0.4, 0.5) is 5.82 Å². The fraction of sp³-hybridized carbons (Fsp3) is 0.158. The van der Waals surface area contributed by atoms with E-state index in [0.29, 0.717) is 22.3 Å². The number of hydrogen-bond donors (Lipinski definition) is 3. The molecule has 0 spiro atoms. The molecule has 1 aromatic carbocycles. The number of H-pyrrole nitrogens is 2. The maximum absolute atomic E-state index is 12.6. The third kappa shape index (κ3) is 3.16. The number of aromatic nitrogens is 4. The smallest absolute Gasteiger partial charge is 0.307 e. The van der Waals surface area contributed by atoms with Gasteiger partial charge < -0.3 is 10.3 Å². The van der Waals surface area contributed by atoms with Crippen LogP contribution in [0.1, 0.15) is 22.2 Å². The summed E-state index contributed by atoms with van der Waals surface area (Å²) in [5.74, 6) is 0.00359. The second-order valence-corrected chi connectivity index (χ2v) is 7.56. The molecular weight excluding hydrogens is 378 g/mol. The topological polar surface area (TPSA) is 113 Å². The number of aryl methyl sites for hydroxylation is 1. The average Bonchev–Trinajstić information content (AvgIpc) is 3.30. The van der Waals surface area contributed by atoms with Crippen molar-refractivity contribution in [3.8, 4) is 10.6 Å². The number of aromatic amines is 2. The maximum Gasteiger partial charge on any atom is 0.328 e. The summed E-state index contributed by atoms with van der Waals surface area (Å²) < 4.78 is 1.11. The van der Waals surface area contributed by atoms with Crippen molar-refractivity contribution < 1.29 is 4.79 Å². The normalized spacial score (nSPS) is 11.1. The van der Waals surface area contributed by atoms with Gasteiger partial charge in [-0.05, 0) is 44.2 Å². The van der Waals surface area contributed by atoms with E-state index < -0.39 is 5.69 Å². The van der Waals surface area contributed by atoms with Gasteiger partial charge in [0.05, 0.1) is 21.5 Å². The van der Waals surface area contributed by atoms with E-state index in [1.165, 1.54) is 10.9 Å². The Morgan fingerprint density at radius 1 is 1.21 bits per heavy atom. The lowest BCUT2D eigenvalue weighted by Gasteiger charge is -2.06. The van der Waals surface area contributed by atoms with Crippen LogP contribution in [0.15, 0.2) is 46.0 Å². The quantitative estimate of drug-likeness (QED) is 0.493. The molecule has 8 nitrogen and oxygen atoms in total. The Hall–Kier alpha value is -3.46. The minimum atomic E-state index is -0.499. The molecule has 4 rings (SSSR count). The summed E-state index contributed by atoms with van der Waals surface area (Å²) in [4.78, 5) is 41.7. The Balaban J connectivity index is 1.62. The number of fused-ring (bicyclic) bond motifs is 1. The fourth-order valence-electron chi connectivity index (χ4n) is 2.96. The van der Waals surface area contributed by atoms with E-state index in [1.807, 2.05) is 19.1 Å². The molecule has 0 unspecified atom stereocenters. The van der Waals surface area contributed by atoms with E-state index in [2.05, 4.69) is 20.5 Å². The third-order valence-corrected chi connectivity index (χ3v) is 5.42. The first-order chi connectivity index (χ1) is 13.5. The first-order valence-corrected chi connectivity index (χ1v) is 9.48. The van der Waals surface area contributed by atoms with Gasteiger partial charge in [0, 0.05) is 23.1 Å². The predicted molar refractivity (Wildman–Crippen MR) is 109 cm³/mol. The Kier molecular flexibility index (Phi) is 4.44. The zero-order chi connectivity index (χ0) is 19.8. The zero-order valence-corrected chi connectivity index (χ0v) is 16.0. The lowest BCUT2D eigenvalue weighted by atomic mass is 10.1. The van der Waals surface area contributed by atoms with Crippen molar-refractivity contribution in [2.24, 2.45) is 0 Å². The average molecular weight is 395 g/mol. The van der Waals surface area contributed by atoms with Crippen LogP contribution in [0.3, 0.4) is 0 Å². The van der Waals surface area contributed by atoms with E-state index in [0.717, 1.165) is 15.1 Å². The number of benzene rings is 1. The second-order valence-electron chi connectivity index (χ2n) is 6.27. The third-order valence-electron chi connectivity index (χ3n) is 4.39. The number of rotatable bonds is 4. The molecule has 0 atom stereocenters. The number of carbonyl (C=O) groups is 1. The van der Waals surface area contributed by atoms with Crippen molar-refractivity contribution in [2.45, 2.75) is 20.4 Å². The summed E-state index contributed by atoms with van der Waals surface area (Å²) in [6.07, 6.45) is 0. The SMILES string of the molecule is CCn1c(=O)[nH]c2cc(C(=O)Nc3cc(-c4ccc(C)s4)[nH]n3)ccc2c1=O. The van der Waals surface area contributed by atoms with Crippen molar-refractivity contribution in [3.63, 3.8) is 0 Å². The first kappa shape index (κ1) is 17.9. The van der Waals surface area contributed by atoms with Crippen LogP contribution in [0.25, 0.3) is 21.5 Å². The van der Waals surface area contributed by atoms with E-state index in [-0.39, 0.29) is 18.0 Å². The highest BCUT2D eigenvalue weighted by molar-refractivity contribution is 7.15. The summed E-state index contributed by atoms with van der Waals surface area (Å²) in [6.45, 7) is 4.02. The van der Waals surface area contributed by atoms with Gasteiger partial charge in [-0.15, -0.1) is 11.3 Å². The van der Waals surface area contributed by atoms with E-state index in [1.54, 1.807) is 36.5 Å². The Morgan fingerprint density at radius 3 is 2.75 bits per heavy atom. The Bertz CT molecular complexity index is 1310. The fourth-order valence-corrected chi connectivity index (χ4v) is 3.80. The maximum atomic E-state index is 12.6. The largest absolute Gasteiger partial charge is 0.328 e. The molecule has 0 saturated heterocycles. The summed E-state index contributed by atoms with van der Waals surface area (Å²) in [7, 11) is 0. The number of hydrogen-bond acceptors (Lipinski definition) is 5. The van der Waals surface area contributed by atoms with Gasteiger partial charge in [0.15, 0.2) is 5.82 Å². The second kappa shape index (κ2) is 6.93. The van der Waals surface area contributed by atoms with Gasteiger partial charge in [0.2, 0.25) is 0 Å². The number of carbonyl (C=O) groups excluding carboxylic acids is 1. The molecule has 0 aliphatic heterocycles. The minimum Gasteiger partial charge on any atom is -0.307 e. The Morgan fingerprint density at radius 2 is 2.04 bits per heavy atom. The van der Waals surface area contributed by atoms with E-state index in [4.69, 9.17) is 0 Å². The van der Waals surface area contributed by atoms with E-state index >= 15 is 0 Å². The van der Waals surface area contributed by atoms with Crippen LogP contribution in [0.5, 0.6) is 0 Å². The molecule has 3 heterocycles.